The van der Waals surface area contributed by atoms with E-state index in [1.807, 2.05) is 31.2 Å². The summed E-state index contributed by atoms with van der Waals surface area (Å²) in [7, 11) is -4.45. The molecule has 1 saturated carbocycles. The minimum Gasteiger partial charge on any atom is -0.307 e. The zero-order chi connectivity index (χ0) is 29.2. The molecule has 0 atom stereocenters. The van der Waals surface area contributed by atoms with Crippen molar-refractivity contribution < 1.29 is 35.2 Å². The van der Waals surface area contributed by atoms with Gasteiger partial charge in [0.25, 0.3) is 0 Å². The average Bonchev–Trinajstić information content (AvgIpc) is 2.95. The number of halogens is 5. The Morgan fingerprint density at radius 1 is 0.800 bits per heavy atom. The van der Waals surface area contributed by atoms with Gasteiger partial charge in [0.1, 0.15) is 0 Å². The Balaban J connectivity index is 1.60. The Morgan fingerprint density at radius 3 is 1.88 bits per heavy atom. The number of nitrogens with zero attached hydrogens (tertiary/aromatic N) is 2. The Labute approximate surface area is 230 Å². The van der Waals surface area contributed by atoms with Crippen LogP contribution >= 0.6 is 0 Å². The molecule has 3 aromatic rings. The number of hydrogen-bond donors (Lipinski definition) is 0. The molecule has 5 nitrogen and oxygen atoms in total. The largest absolute Gasteiger partial charge is 0.307 e. The molecule has 3 aromatic carbocycles. The summed E-state index contributed by atoms with van der Waals surface area (Å²) in [6.45, 7) is 0.990. The van der Waals surface area contributed by atoms with Crippen LogP contribution in [0.2, 0.25) is 0 Å². The fourth-order valence-corrected chi connectivity index (χ4v) is 6.11. The maximum atomic E-state index is 14.3. The molecule has 0 bridgehead atoms. The molecule has 0 saturated heterocycles. The molecule has 0 heterocycles. The van der Waals surface area contributed by atoms with Crippen molar-refractivity contribution in [1.82, 2.24) is 4.31 Å². The third-order valence-corrected chi connectivity index (χ3v) is 9.06. The highest BCUT2D eigenvalue weighted by Gasteiger charge is 2.37. The van der Waals surface area contributed by atoms with Gasteiger partial charge in [-0.2, -0.15) is 4.31 Å². The molecule has 214 valence electrons. The minimum absolute atomic E-state index is 0.0588. The first kappa shape index (κ1) is 29.7. The molecule has 4 rings (SSSR count). The van der Waals surface area contributed by atoms with Crippen molar-refractivity contribution in [1.29, 1.82) is 0 Å². The van der Waals surface area contributed by atoms with Crippen molar-refractivity contribution in [2.75, 3.05) is 18.5 Å². The van der Waals surface area contributed by atoms with Gasteiger partial charge in [-0.3, -0.25) is 4.79 Å². The van der Waals surface area contributed by atoms with E-state index in [4.69, 9.17) is 0 Å². The Morgan fingerprint density at radius 2 is 1.32 bits per heavy atom. The smallest absolute Gasteiger partial charge is 0.249 e. The first-order chi connectivity index (χ1) is 18.9. The molecule has 1 aliphatic carbocycles. The van der Waals surface area contributed by atoms with E-state index in [9.17, 15) is 35.2 Å². The summed E-state index contributed by atoms with van der Waals surface area (Å²) in [5, 5.41) is 0. The van der Waals surface area contributed by atoms with Gasteiger partial charge in [0, 0.05) is 12.7 Å². The van der Waals surface area contributed by atoms with E-state index in [1.54, 1.807) is 24.3 Å². The molecule has 0 radical (unpaired) electrons. The van der Waals surface area contributed by atoms with Crippen LogP contribution in [0.15, 0.2) is 53.4 Å². The molecule has 0 N–H and O–H groups in total. The molecule has 11 heteroatoms. The lowest BCUT2D eigenvalue weighted by Gasteiger charge is -2.26. The second-order valence-electron chi connectivity index (χ2n) is 10.1. The summed E-state index contributed by atoms with van der Waals surface area (Å²) in [4.78, 5) is 12.7. The summed E-state index contributed by atoms with van der Waals surface area (Å²) in [6.07, 6.45) is 5.85. The molecule has 0 spiro atoms. The highest BCUT2D eigenvalue weighted by Crippen LogP contribution is 2.33. The van der Waals surface area contributed by atoms with Crippen LogP contribution in [0.5, 0.6) is 0 Å². The maximum absolute atomic E-state index is 14.3. The SMILES string of the molecule is Cc1ccc(N(Cc2ccc(C3CCCCC3)cc2)C(=O)CN(C)S(=O)(=O)c2c(F)c(F)c(F)c(F)c2F)cc1. The number of rotatable bonds is 8. The fraction of sp³-hybridized carbons (Fsp3) is 0.345. The lowest BCUT2D eigenvalue weighted by atomic mass is 9.84. The highest BCUT2D eigenvalue weighted by atomic mass is 32.2. The predicted molar refractivity (Wildman–Crippen MR) is 141 cm³/mol. The second-order valence-corrected chi connectivity index (χ2v) is 12.0. The van der Waals surface area contributed by atoms with E-state index < -0.39 is 56.5 Å². The standard InChI is InChI=1S/C29H29F5N2O3S/c1-18-8-14-22(15-9-18)36(16-19-10-12-21(13-11-19)20-6-4-3-5-7-20)23(37)17-35(2)40(38,39)29-27(33)25(31)24(30)26(32)28(29)34/h8-15,20H,3-7,16-17H2,1-2H3. The van der Waals surface area contributed by atoms with Gasteiger partial charge in [0.05, 0.1) is 13.1 Å². The lowest BCUT2D eigenvalue weighted by Crippen LogP contribution is -2.41. The van der Waals surface area contributed by atoms with Crippen LogP contribution in [0.4, 0.5) is 27.6 Å². The molecule has 0 aromatic heterocycles. The normalized spacial score (nSPS) is 14.5. The number of amides is 1. The van der Waals surface area contributed by atoms with Crippen molar-refractivity contribution in [2.24, 2.45) is 0 Å². The number of carbonyl (C=O) groups is 1. The van der Waals surface area contributed by atoms with Crippen LogP contribution in [-0.4, -0.2) is 32.2 Å². The molecule has 0 aliphatic heterocycles. The van der Waals surface area contributed by atoms with Gasteiger partial charge in [-0.25, -0.2) is 30.4 Å². The summed E-state index contributed by atoms with van der Waals surface area (Å²) < 4.78 is 95.5. The van der Waals surface area contributed by atoms with E-state index in [-0.39, 0.29) is 10.8 Å². The van der Waals surface area contributed by atoms with Crippen molar-refractivity contribution in [2.45, 2.75) is 56.4 Å². The van der Waals surface area contributed by atoms with E-state index in [2.05, 4.69) is 0 Å². The zero-order valence-corrected chi connectivity index (χ0v) is 22.9. The number of anilines is 1. The van der Waals surface area contributed by atoms with Gasteiger partial charge < -0.3 is 4.90 Å². The molecule has 1 aliphatic rings. The first-order valence-electron chi connectivity index (χ1n) is 12.9. The number of hydrogen-bond acceptors (Lipinski definition) is 3. The number of carbonyl (C=O) groups excluding carboxylic acids is 1. The topological polar surface area (TPSA) is 57.7 Å². The van der Waals surface area contributed by atoms with Gasteiger partial charge in [0.15, 0.2) is 28.2 Å². The molecule has 1 amide bonds. The van der Waals surface area contributed by atoms with Crippen LogP contribution in [0.25, 0.3) is 0 Å². The maximum Gasteiger partial charge on any atom is 0.249 e. The van der Waals surface area contributed by atoms with Crippen molar-refractivity contribution >= 4 is 21.6 Å². The number of benzene rings is 3. The summed E-state index contributed by atoms with van der Waals surface area (Å²) >= 11 is 0. The third kappa shape index (κ3) is 6.05. The lowest BCUT2D eigenvalue weighted by molar-refractivity contribution is -0.118. The number of sulfonamides is 1. The fourth-order valence-electron chi connectivity index (χ4n) is 4.89. The van der Waals surface area contributed by atoms with Crippen molar-refractivity contribution in [3.63, 3.8) is 0 Å². The Hall–Kier alpha value is -3.31. The van der Waals surface area contributed by atoms with E-state index >= 15 is 0 Å². The quantitative estimate of drug-likeness (QED) is 0.172. The van der Waals surface area contributed by atoms with Gasteiger partial charge in [-0.05, 0) is 48.9 Å². The van der Waals surface area contributed by atoms with E-state index in [0.29, 0.717) is 11.6 Å². The minimum atomic E-state index is -5.28. The van der Waals surface area contributed by atoms with E-state index in [1.165, 1.54) is 29.7 Å². The zero-order valence-electron chi connectivity index (χ0n) is 22.1. The summed E-state index contributed by atoms with van der Waals surface area (Å²) in [5.74, 6) is -12.5. The first-order valence-corrected chi connectivity index (χ1v) is 14.3. The summed E-state index contributed by atoms with van der Waals surface area (Å²) in [5.41, 5.74) is 3.33. The van der Waals surface area contributed by atoms with Crippen LogP contribution in [0, 0.1) is 36.0 Å². The monoisotopic (exact) mass is 580 g/mol. The van der Waals surface area contributed by atoms with Crippen molar-refractivity contribution in [3.05, 3.63) is 94.3 Å². The van der Waals surface area contributed by atoms with Crippen LogP contribution in [-0.2, 0) is 21.4 Å². The summed E-state index contributed by atoms with van der Waals surface area (Å²) in [6, 6.07) is 14.7. The molecular formula is C29H29F5N2O3S. The average molecular weight is 581 g/mol. The van der Waals surface area contributed by atoms with Crippen LogP contribution in [0.3, 0.4) is 0 Å². The molecular weight excluding hydrogens is 551 g/mol. The van der Waals surface area contributed by atoms with Crippen molar-refractivity contribution in [3.8, 4) is 0 Å². The van der Waals surface area contributed by atoms with Crippen LogP contribution < -0.4 is 4.90 Å². The number of aryl methyl sites for hydroxylation is 1. The number of likely N-dealkylation sites (N-methyl/N-ethyl adjacent to an activating group) is 1. The van der Waals surface area contributed by atoms with Gasteiger partial charge in [0.2, 0.25) is 21.7 Å². The van der Waals surface area contributed by atoms with Gasteiger partial charge >= 0.3 is 0 Å². The predicted octanol–water partition coefficient (Wildman–Crippen LogP) is 6.59. The van der Waals surface area contributed by atoms with Gasteiger partial charge in [-0.1, -0.05) is 61.2 Å². The molecule has 1 fully saturated rings. The Bertz CT molecular complexity index is 1460. The second kappa shape index (κ2) is 12.1. The van der Waals surface area contributed by atoms with Gasteiger partial charge in [-0.15, -0.1) is 0 Å². The Kier molecular flexibility index (Phi) is 8.94. The molecule has 0 unspecified atom stereocenters. The van der Waals surface area contributed by atoms with Crippen LogP contribution in [0.1, 0.15) is 54.7 Å². The highest BCUT2D eigenvalue weighted by molar-refractivity contribution is 7.89. The molecule has 40 heavy (non-hydrogen) atoms. The third-order valence-electron chi connectivity index (χ3n) is 7.24. The van der Waals surface area contributed by atoms with E-state index in [0.717, 1.165) is 31.0 Å².